The summed E-state index contributed by atoms with van der Waals surface area (Å²) in [6.07, 6.45) is 0. The standard InChI is InChI=1S/C17H21NOS/c1-12-6-4-7-14(10-12)11-20-16-9-5-8-15(19-3)17(16)13(2)18/h4-10,13H,11,18H2,1-3H3/t13-/m1/s1. The minimum absolute atomic E-state index is 0.0360. The van der Waals surface area contributed by atoms with Gasteiger partial charge in [0.2, 0.25) is 0 Å². The van der Waals surface area contributed by atoms with Gasteiger partial charge in [-0.05, 0) is 31.5 Å². The van der Waals surface area contributed by atoms with Crippen molar-refractivity contribution in [1.82, 2.24) is 0 Å². The highest BCUT2D eigenvalue weighted by Crippen LogP contribution is 2.35. The Kier molecular flexibility index (Phi) is 5.10. The number of hydrogen-bond acceptors (Lipinski definition) is 3. The zero-order valence-electron chi connectivity index (χ0n) is 12.2. The van der Waals surface area contributed by atoms with E-state index in [1.54, 1.807) is 18.9 Å². The SMILES string of the molecule is COc1cccc(SCc2cccc(C)c2)c1[C@@H](C)N. The Morgan fingerprint density at radius 1 is 1.20 bits per heavy atom. The first-order valence-electron chi connectivity index (χ1n) is 6.72. The molecule has 2 N–H and O–H groups in total. The first-order valence-corrected chi connectivity index (χ1v) is 7.71. The number of ether oxygens (including phenoxy) is 1. The zero-order chi connectivity index (χ0) is 14.5. The molecule has 0 radical (unpaired) electrons. The second-order valence-corrected chi connectivity index (χ2v) is 5.96. The second kappa shape index (κ2) is 6.82. The van der Waals surface area contributed by atoms with Crippen LogP contribution in [0, 0.1) is 6.92 Å². The largest absolute Gasteiger partial charge is 0.496 e. The third kappa shape index (κ3) is 3.56. The Morgan fingerprint density at radius 2 is 1.95 bits per heavy atom. The van der Waals surface area contributed by atoms with E-state index in [9.17, 15) is 0 Å². The van der Waals surface area contributed by atoms with Crippen molar-refractivity contribution in [3.8, 4) is 5.75 Å². The lowest BCUT2D eigenvalue weighted by Crippen LogP contribution is -2.08. The van der Waals surface area contributed by atoms with Crippen LogP contribution in [0.2, 0.25) is 0 Å². The highest BCUT2D eigenvalue weighted by atomic mass is 32.2. The topological polar surface area (TPSA) is 35.2 Å². The molecule has 0 bridgehead atoms. The van der Waals surface area contributed by atoms with Crippen LogP contribution in [0.4, 0.5) is 0 Å². The molecular weight excluding hydrogens is 266 g/mol. The monoisotopic (exact) mass is 287 g/mol. The van der Waals surface area contributed by atoms with Crippen molar-refractivity contribution < 1.29 is 4.74 Å². The molecule has 20 heavy (non-hydrogen) atoms. The lowest BCUT2D eigenvalue weighted by Gasteiger charge is -2.16. The van der Waals surface area contributed by atoms with Crippen molar-refractivity contribution in [2.24, 2.45) is 5.73 Å². The van der Waals surface area contributed by atoms with Gasteiger partial charge in [0, 0.05) is 22.3 Å². The molecule has 106 valence electrons. The van der Waals surface area contributed by atoms with Crippen LogP contribution in [0.1, 0.15) is 29.7 Å². The molecule has 0 aliphatic rings. The van der Waals surface area contributed by atoms with Crippen molar-refractivity contribution in [2.75, 3.05) is 7.11 Å². The number of methoxy groups -OCH3 is 1. The van der Waals surface area contributed by atoms with Gasteiger partial charge in [0.05, 0.1) is 7.11 Å². The van der Waals surface area contributed by atoms with E-state index in [0.717, 1.165) is 17.1 Å². The quantitative estimate of drug-likeness (QED) is 0.832. The van der Waals surface area contributed by atoms with Crippen LogP contribution in [0.25, 0.3) is 0 Å². The van der Waals surface area contributed by atoms with Crippen LogP contribution < -0.4 is 10.5 Å². The maximum absolute atomic E-state index is 6.09. The smallest absolute Gasteiger partial charge is 0.124 e. The molecule has 0 amide bonds. The predicted molar refractivity (Wildman–Crippen MR) is 86.3 cm³/mol. The third-order valence-electron chi connectivity index (χ3n) is 3.18. The summed E-state index contributed by atoms with van der Waals surface area (Å²) < 4.78 is 5.43. The van der Waals surface area contributed by atoms with Crippen LogP contribution in [0.3, 0.4) is 0 Å². The fourth-order valence-corrected chi connectivity index (χ4v) is 3.36. The van der Waals surface area contributed by atoms with Crippen LogP contribution in [0.15, 0.2) is 47.4 Å². The van der Waals surface area contributed by atoms with Gasteiger partial charge in [-0.3, -0.25) is 0 Å². The van der Waals surface area contributed by atoms with E-state index in [4.69, 9.17) is 10.5 Å². The fourth-order valence-electron chi connectivity index (χ4n) is 2.24. The van der Waals surface area contributed by atoms with Crippen molar-refractivity contribution >= 4 is 11.8 Å². The van der Waals surface area contributed by atoms with E-state index in [2.05, 4.69) is 37.3 Å². The summed E-state index contributed by atoms with van der Waals surface area (Å²) in [5, 5.41) is 0. The van der Waals surface area contributed by atoms with Gasteiger partial charge in [-0.25, -0.2) is 0 Å². The van der Waals surface area contributed by atoms with Crippen molar-refractivity contribution in [3.05, 3.63) is 59.2 Å². The Bertz CT molecular complexity index is 581. The molecule has 0 aromatic heterocycles. The minimum Gasteiger partial charge on any atom is -0.496 e. The summed E-state index contributed by atoms with van der Waals surface area (Å²) in [7, 11) is 1.69. The molecular formula is C17H21NOS. The minimum atomic E-state index is -0.0360. The molecule has 0 aliphatic carbocycles. The van der Waals surface area contributed by atoms with Gasteiger partial charge >= 0.3 is 0 Å². The van der Waals surface area contributed by atoms with Crippen LogP contribution in [-0.2, 0) is 5.75 Å². The van der Waals surface area contributed by atoms with Gasteiger partial charge in [0.15, 0.2) is 0 Å². The Hall–Kier alpha value is -1.45. The number of hydrogen-bond donors (Lipinski definition) is 1. The number of benzene rings is 2. The van der Waals surface area contributed by atoms with Gasteiger partial charge in [-0.1, -0.05) is 35.9 Å². The molecule has 3 heteroatoms. The Labute approximate surface area is 125 Å². The lowest BCUT2D eigenvalue weighted by atomic mass is 10.1. The van der Waals surface area contributed by atoms with E-state index in [1.807, 2.05) is 19.1 Å². The highest BCUT2D eigenvalue weighted by molar-refractivity contribution is 7.98. The first-order chi connectivity index (χ1) is 9.61. The molecule has 0 unspecified atom stereocenters. The normalized spacial score (nSPS) is 12.2. The average molecular weight is 287 g/mol. The molecule has 0 aliphatic heterocycles. The summed E-state index contributed by atoms with van der Waals surface area (Å²) in [6.45, 7) is 4.11. The highest BCUT2D eigenvalue weighted by Gasteiger charge is 2.13. The van der Waals surface area contributed by atoms with E-state index in [1.165, 1.54) is 16.0 Å². The fraction of sp³-hybridized carbons (Fsp3) is 0.294. The van der Waals surface area contributed by atoms with Gasteiger partial charge < -0.3 is 10.5 Å². The van der Waals surface area contributed by atoms with E-state index in [0.29, 0.717) is 0 Å². The molecule has 0 saturated carbocycles. The van der Waals surface area contributed by atoms with Gasteiger partial charge in [0.1, 0.15) is 5.75 Å². The third-order valence-corrected chi connectivity index (χ3v) is 4.32. The molecule has 2 aromatic carbocycles. The lowest BCUT2D eigenvalue weighted by molar-refractivity contribution is 0.405. The molecule has 0 saturated heterocycles. The van der Waals surface area contributed by atoms with Gasteiger partial charge in [-0.15, -0.1) is 11.8 Å². The summed E-state index contributed by atoms with van der Waals surface area (Å²) in [4.78, 5) is 1.20. The number of aryl methyl sites for hydroxylation is 1. The summed E-state index contributed by atoms with van der Waals surface area (Å²) in [5.41, 5.74) is 9.80. The second-order valence-electron chi connectivity index (χ2n) is 4.94. The molecule has 2 nitrogen and oxygen atoms in total. The molecule has 0 spiro atoms. The van der Waals surface area contributed by atoms with E-state index in [-0.39, 0.29) is 6.04 Å². The molecule has 1 atom stereocenters. The van der Waals surface area contributed by atoms with Crippen LogP contribution in [-0.4, -0.2) is 7.11 Å². The maximum atomic E-state index is 6.09. The molecule has 0 heterocycles. The Balaban J connectivity index is 2.21. The summed E-state index contributed by atoms with van der Waals surface area (Å²) in [6, 6.07) is 14.7. The predicted octanol–water partition coefficient (Wildman–Crippen LogP) is 4.32. The van der Waals surface area contributed by atoms with Crippen LogP contribution >= 0.6 is 11.8 Å². The molecule has 2 rings (SSSR count). The first kappa shape index (κ1) is 14.9. The van der Waals surface area contributed by atoms with E-state index < -0.39 is 0 Å². The van der Waals surface area contributed by atoms with Gasteiger partial charge in [-0.2, -0.15) is 0 Å². The maximum Gasteiger partial charge on any atom is 0.124 e. The van der Waals surface area contributed by atoms with Crippen LogP contribution in [0.5, 0.6) is 5.75 Å². The summed E-state index contributed by atoms with van der Waals surface area (Å²) in [5.74, 6) is 1.81. The molecule has 0 fully saturated rings. The number of rotatable bonds is 5. The zero-order valence-corrected chi connectivity index (χ0v) is 13.0. The van der Waals surface area contributed by atoms with Gasteiger partial charge in [0.25, 0.3) is 0 Å². The average Bonchev–Trinajstić information content (AvgIpc) is 2.44. The number of thioether (sulfide) groups is 1. The van der Waals surface area contributed by atoms with E-state index >= 15 is 0 Å². The molecule has 2 aromatic rings. The van der Waals surface area contributed by atoms with Crippen molar-refractivity contribution in [2.45, 2.75) is 30.5 Å². The number of nitrogens with two attached hydrogens (primary N) is 1. The van der Waals surface area contributed by atoms with Crippen molar-refractivity contribution in [3.63, 3.8) is 0 Å². The Morgan fingerprint density at radius 3 is 2.60 bits per heavy atom. The summed E-state index contributed by atoms with van der Waals surface area (Å²) >= 11 is 1.81. The van der Waals surface area contributed by atoms with Crippen molar-refractivity contribution in [1.29, 1.82) is 0 Å².